The molecule has 116 valence electrons. The van der Waals surface area contributed by atoms with Crippen molar-refractivity contribution in [2.75, 3.05) is 0 Å². The molecule has 2 atom stereocenters. The van der Waals surface area contributed by atoms with E-state index < -0.39 is 22.9 Å². The van der Waals surface area contributed by atoms with Crippen molar-refractivity contribution in [1.82, 2.24) is 0 Å². The summed E-state index contributed by atoms with van der Waals surface area (Å²) in [6, 6.07) is 7.40. The Morgan fingerprint density at radius 3 is 2.52 bits per heavy atom. The van der Waals surface area contributed by atoms with E-state index in [1.807, 2.05) is 24.3 Å². The van der Waals surface area contributed by atoms with Gasteiger partial charge in [0, 0.05) is 16.5 Å². The number of hydrogen-bond acceptors (Lipinski definition) is 0. The Bertz CT molecular complexity index is 881. The van der Waals surface area contributed by atoms with Crippen molar-refractivity contribution in [3.63, 3.8) is 0 Å². The number of benzene rings is 2. The van der Waals surface area contributed by atoms with Gasteiger partial charge in [-0.3, -0.25) is 0 Å². The summed E-state index contributed by atoms with van der Waals surface area (Å²) in [7, 11) is 0. The summed E-state index contributed by atoms with van der Waals surface area (Å²) in [6.45, 7) is 0. The minimum Gasteiger partial charge on any atom is -0.203 e. The van der Waals surface area contributed by atoms with Crippen LogP contribution in [-0.4, -0.2) is 0 Å². The standard InChI is InChI=1S/C20H15F3/c21-17-15-13-4-2-1-3-12(13)9-14(15)16(18(22)19(17)23)20-7-5-11(10-20)6-8-20/h1-5,7,11H,6,8-10H2. The third-order valence-electron chi connectivity index (χ3n) is 5.85. The Hall–Kier alpha value is -2.03. The van der Waals surface area contributed by atoms with E-state index >= 15 is 0 Å². The maximum atomic E-state index is 14.8. The van der Waals surface area contributed by atoms with Gasteiger partial charge in [0.25, 0.3) is 0 Å². The lowest BCUT2D eigenvalue weighted by atomic mass is 9.76. The molecule has 0 N–H and O–H groups in total. The van der Waals surface area contributed by atoms with E-state index in [-0.39, 0.29) is 5.56 Å². The third kappa shape index (κ3) is 1.58. The van der Waals surface area contributed by atoms with Crippen LogP contribution in [0.4, 0.5) is 13.2 Å². The molecule has 0 aliphatic heterocycles. The molecule has 0 nitrogen and oxygen atoms in total. The van der Waals surface area contributed by atoms with E-state index in [4.69, 9.17) is 0 Å². The summed E-state index contributed by atoms with van der Waals surface area (Å²) < 4.78 is 43.6. The Labute approximate surface area is 132 Å². The molecular weight excluding hydrogens is 297 g/mol. The molecular formula is C20H15F3. The maximum Gasteiger partial charge on any atom is 0.195 e. The average Bonchev–Trinajstić information content (AvgIpc) is 3.25. The Balaban J connectivity index is 1.85. The van der Waals surface area contributed by atoms with E-state index in [0.29, 0.717) is 29.0 Å². The number of allylic oxidation sites excluding steroid dienone is 2. The second-order valence-corrected chi connectivity index (χ2v) is 7.02. The van der Waals surface area contributed by atoms with E-state index in [0.717, 1.165) is 24.8 Å². The minimum absolute atomic E-state index is 0.271. The molecule has 0 spiro atoms. The highest BCUT2D eigenvalue weighted by Crippen LogP contribution is 2.55. The van der Waals surface area contributed by atoms with E-state index in [1.165, 1.54) is 0 Å². The van der Waals surface area contributed by atoms with Gasteiger partial charge in [-0.25, -0.2) is 13.2 Å². The summed E-state index contributed by atoms with van der Waals surface area (Å²) in [5.41, 5.74) is 2.52. The Morgan fingerprint density at radius 1 is 1.00 bits per heavy atom. The fourth-order valence-electron chi connectivity index (χ4n) is 4.85. The molecule has 0 radical (unpaired) electrons. The molecule has 0 aromatic heterocycles. The molecule has 2 aromatic rings. The monoisotopic (exact) mass is 312 g/mol. The molecule has 2 bridgehead atoms. The SMILES string of the molecule is Fc1c(F)c2c(c(C34C=CC(CC3)C4)c1F)Cc1ccccc1-2. The molecule has 5 rings (SSSR count). The van der Waals surface area contributed by atoms with Gasteiger partial charge >= 0.3 is 0 Å². The first-order valence-electron chi connectivity index (χ1n) is 8.08. The van der Waals surface area contributed by atoms with Gasteiger partial charge in [-0.15, -0.1) is 0 Å². The van der Waals surface area contributed by atoms with Crippen LogP contribution in [0, 0.1) is 23.4 Å². The van der Waals surface area contributed by atoms with Crippen molar-refractivity contribution in [3.8, 4) is 11.1 Å². The third-order valence-corrected chi connectivity index (χ3v) is 5.85. The fourth-order valence-corrected chi connectivity index (χ4v) is 4.85. The molecule has 1 fully saturated rings. The first-order valence-corrected chi connectivity index (χ1v) is 8.08. The van der Waals surface area contributed by atoms with Crippen molar-refractivity contribution in [3.05, 3.63) is 70.6 Å². The highest BCUT2D eigenvalue weighted by molar-refractivity contribution is 5.79. The van der Waals surface area contributed by atoms with Gasteiger partial charge in [0.1, 0.15) is 0 Å². The second-order valence-electron chi connectivity index (χ2n) is 7.02. The smallest absolute Gasteiger partial charge is 0.195 e. The van der Waals surface area contributed by atoms with E-state index in [1.54, 1.807) is 6.07 Å². The summed E-state index contributed by atoms with van der Waals surface area (Å²) in [4.78, 5) is 0. The first kappa shape index (κ1) is 13.4. The molecule has 3 aliphatic carbocycles. The number of halogens is 3. The van der Waals surface area contributed by atoms with Gasteiger partial charge in [0.15, 0.2) is 17.5 Å². The van der Waals surface area contributed by atoms with Gasteiger partial charge in [-0.2, -0.15) is 0 Å². The van der Waals surface area contributed by atoms with Gasteiger partial charge in [0.2, 0.25) is 0 Å². The van der Waals surface area contributed by atoms with E-state index in [2.05, 4.69) is 6.08 Å². The molecule has 3 aliphatic rings. The van der Waals surface area contributed by atoms with Crippen LogP contribution in [-0.2, 0) is 11.8 Å². The lowest BCUT2D eigenvalue weighted by Crippen LogP contribution is -2.23. The van der Waals surface area contributed by atoms with Crippen LogP contribution in [0.2, 0.25) is 0 Å². The second kappa shape index (κ2) is 4.28. The van der Waals surface area contributed by atoms with Crippen LogP contribution in [0.3, 0.4) is 0 Å². The van der Waals surface area contributed by atoms with Crippen LogP contribution >= 0.6 is 0 Å². The van der Waals surface area contributed by atoms with Crippen molar-refractivity contribution in [2.24, 2.45) is 5.92 Å². The topological polar surface area (TPSA) is 0 Å². The summed E-state index contributed by atoms with van der Waals surface area (Å²) >= 11 is 0. The van der Waals surface area contributed by atoms with Gasteiger partial charge in [-0.05, 0) is 48.3 Å². The predicted octanol–water partition coefficient (Wildman–Crippen LogP) is 5.28. The Kier molecular flexibility index (Phi) is 2.50. The fraction of sp³-hybridized carbons (Fsp3) is 0.300. The number of hydrogen-bond donors (Lipinski definition) is 0. The summed E-state index contributed by atoms with van der Waals surface area (Å²) in [5.74, 6) is -2.91. The largest absolute Gasteiger partial charge is 0.203 e. The van der Waals surface area contributed by atoms with Crippen LogP contribution in [0.1, 0.15) is 36.0 Å². The van der Waals surface area contributed by atoms with E-state index in [9.17, 15) is 13.2 Å². The predicted molar refractivity (Wildman–Crippen MR) is 82.7 cm³/mol. The minimum atomic E-state index is -1.33. The average molecular weight is 312 g/mol. The summed E-state index contributed by atoms with van der Waals surface area (Å²) in [6.07, 6.45) is 7.25. The highest BCUT2D eigenvalue weighted by Gasteiger charge is 2.47. The van der Waals surface area contributed by atoms with Crippen molar-refractivity contribution in [2.45, 2.75) is 31.1 Å². The molecule has 2 aromatic carbocycles. The first-order chi connectivity index (χ1) is 11.1. The van der Waals surface area contributed by atoms with Gasteiger partial charge in [0.05, 0.1) is 0 Å². The quantitative estimate of drug-likeness (QED) is 0.423. The molecule has 2 unspecified atom stereocenters. The van der Waals surface area contributed by atoms with Gasteiger partial charge in [-0.1, -0.05) is 36.4 Å². The molecule has 3 heteroatoms. The normalized spacial score (nSPS) is 26.7. The molecule has 0 amide bonds. The molecule has 0 saturated heterocycles. The number of rotatable bonds is 1. The van der Waals surface area contributed by atoms with Crippen molar-refractivity contribution >= 4 is 0 Å². The zero-order chi connectivity index (χ0) is 15.8. The Morgan fingerprint density at radius 2 is 1.83 bits per heavy atom. The molecule has 1 saturated carbocycles. The zero-order valence-corrected chi connectivity index (χ0v) is 12.5. The lowest BCUT2D eigenvalue weighted by molar-refractivity contribution is 0.421. The zero-order valence-electron chi connectivity index (χ0n) is 12.5. The van der Waals surface area contributed by atoms with Gasteiger partial charge < -0.3 is 0 Å². The van der Waals surface area contributed by atoms with Crippen LogP contribution in [0.25, 0.3) is 11.1 Å². The molecule has 23 heavy (non-hydrogen) atoms. The van der Waals surface area contributed by atoms with Crippen LogP contribution < -0.4 is 0 Å². The van der Waals surface area contributed by atoms with Crippen LogP contribution in [0.5, 0.6) is 0 Å². The highest BCUT2D eigenvalue weighted by atomic mass is 19.2. The van der Waals surface area contributed by atoms with Crippen molar-refractivity contribution < 1.29 is 13.2 Å². The lowest BCUT2D eigenvalue weighted by Gasteiger charge is -2.28. The maximum absolute atomic E-state index is 14.8. The summed E-state index contributed by atoms with van der Waals surface area (Å²) in [5, 5.41) is 0. The molecule has 0 heterocycles. The number of fused-ring (bicyclic) bond motifs is 5. The van der Waals surface area contributed by atoms with Crippen LogP contribution in [0.15, 0.2) is 36.4 Å². The van der Waals surface area contributed by atoms with Crippen molar-refractivity contribution in [1.29, 1.82) is 0 Å².